The van der Waals surface area contributed by atoms with Gasteiger partial charge in [0.15, 0.2) is 0 Å². The summed E-state index contributed by atoms with van der Waals surface area (Å²) in [6, 6.07) is 4.49. The fourth-order valence-electron chi connectivity index (χ4n) is 3.36. The van der Waals surface area contributed by atoms with Crippen molar-refractivity contribution in [3.05, 3.63) is 28.8 Å². The summed E-state index contributed by atoms with van der Waals surface area (Å²) >= 11 is 4.21. The third-order valence-electron chi connectivity index (χ3n) is 4.71. The first-order chi connectivity index (χ1) is 10.8. The number of thioether (sulfide) groups is 2. The first-order valence-corrected chi connectivity index (χ1v) is 11.0. The highest BCUT2D eigenvalue weighted by Gasteiger charge is 2.34. The van der Waals surface area contributed by atoms with Crippen LogP contribution in [0.5, 0.6) is 5.75 Å². The Labute approximate surface area is 157 Å². The molecule has 0 bridgehead atoms. The second kappa shape index (κ2) is 6.79. The molecular formula is C21H34OS2. The van der Waals surface area contributed by atoms with Crippen LogP contribution >= 0.6 is 23.5 Å². The molecule has 2 rings (SSSR count). The molecule has 1 heterocycles. The van der Waals surface area contributed by atoms with Gasteiger partial charge in [-0.2, -0.15) is 0 Å². The monoisotopic (exact) mass is 366 g/mol. The standard InChI is InChI=1S/C21H34OS2/c1-19(2,3)15-11-14(12-16(17(15)22)20(4,5)6)13-21(7,8)18-23-9-10-24-18/h11-12,18,22H,9-10,13H2,1-8H3. The van der Waals surface area contributed by atoms with Crippen molar-refractivity contribution >= 4 is 23.5 Å². The van der Waals surface area contributed by atoms with E-state index in [9.17, 15) is 5.11 Å². The highest BCUT2D eigenvalue weighted by Crippen LogP contribution is 2.47. The zero-order chi connectivity index (χ0) is 18.3. The summed E-state index contributed by atoms with van der Waals surface area (Å²) in [6.07, 6.45) is 1.06. The van der Waals surface area contributed by atoms with Gasteiger partial charge in [0.05, 0.1) is 4.58 Å². The van der Waals surface area contributed by atoms with Gasteiger partial charge >= 0.3 is 0 Å². The number of benzene rings is 1. The van der Waals surface area contributed by atoms with E-state index in [-0.39, 0.29) is 16.2 Å². The van der Waals surface area contributed by atoms with Gasteiger partial charge in [-0.3, -0.25) is 0 Å². The predicted octanol–water partition coefficient (Wildman–Crippen LogP) is 6.36. The average Bonchev–Trinajstić information content (AvgIpc) is 2.92. The summed E-state index contributed by atoms with van der Waals surface area (Å²) in [4.78, 5) is 0. The largest absolute Gasteiger partial charge is 0.507 e. The van der Waals surface area contributed by atoms with Gasteiger partial charge in [-0.25, -0.2) is 0 Å². The minimum absolute atomic E-state index is 0.0545. The van der Waals surface area contributed by atoms with Crippen LogP contribution in [0.2, 0.25) is 0 Å². The smallest absolute Gasteiger partial charge is 0.123 e. The molecule has 0 amide bonds. The summed E-state index contributed by atoms with van der Waals surface area (Å²) < 4.78 is 0.669. The highest BCUT2D eigenvalue weighted by atomic mass is 32.2. The lowest BCUT2D eigenvalue weighted by Crippen LogP contribution is -2.26. The molecule has 136 valence electrons. The van der Waals surface area contributed by atoms with Crippen molar-refractivity contribution in [2.75, 3.05) is 11.5 Å². The molecule has 0 radical (unpaired) electrons. The molecule has 0 unspecified atom stereocenters. The molecule has 1 aliphatic rings. The van der Waals surface area contributed by atoms with E-state index in [1.807, 2.05) is 0 Å². The molecule has 1 saturated heterocycles. The minimum Gasteiger partial charge on any atom is -0.507 e. The van der Waals surface area contributed by atoms with E-state index >= 15 is 0 Å². The lowest BCUT2D eigenvalue weighted by Gasteiger charge is -2.33. The minimum atomic E-state index is -0.0545. The Bertz CT molecular complexity index is 550. The van der Waals surface area contributed by atoms with Crippen molar-refractivity contribution in [3.63, 3.8) is 0 Å². The third kappa shape index (κ3) is 4.46. The van der Waals surface area contributed by atoms with Crippen molar-refractivity contribution < 1.29 is 5.11 Å². The van der Waals surface area contributed by atoms with E-state index in [0.717, 1.165) is 17.5 Å². The van der Waals surface area contributed by atoms with E-state index in [1.54, 1.807) is 0 Å². The Hall–Kier alpha value is -0.280. The Morgan fingerprint density at radius 2 is 1.29 bits per heavy atom. The van der Waals surface area contributed by atoms with E-state index in [4.69, 9.17) is 0 Å². The molecular weight excluding hydrogens is 332 g/mol. The van der Waals surface area contributed by atoms with Crippen LogP contribution in [0, 0.1) is 5.41 Å². The lowest BCUT2D eigenvalue weighted by atomic mass is 9.76. The maximum absolute atomic E-state index is 10.9. The lowest BCUT2D eigenvalue weighted by molar-refractivity contribution is 0.398. The predicted molar refractivity (Wildman–Crippen MR) is 112 cm³/mol. The molecule has 1 nitrogen and oxygen atoms in total. The van der Waals surface area contributed by atoms with Crippen LogP contribution in [0.25, 0.3) is 0 Å². The third-order valence-corrected chi connectivity index (χ3v) is 8.54. The van der Waals surface area contributed by atoms with Crippen molar-refractivity contribution in [1.82, 2.24) is 0 Å². The van der Waals surface area contributed by atoms with Crippen LogP contribution in [0.1, 0.15) is 72.1 Å². The molecule has 1 aliphatic heterocycles. The Kier molecular flexibility index (Phi) is 5.67. The second-order valence-electron chi connectivity index (χ2n) is 9.78. The zero-order valence-electron chi connectivity index (χ0n) is 16.6. The van der Waals surface area contributed by atoms with Crippen LogP contribution < -0.4 is 0 Å². The molecule has 0 aliphatic carbocycles. The number of aromatic hydroxyl groups is 1. The van der Waals surface area contributed by atoms with Gasteiger partial charge in [0.2, 0.25) is 0 Å². The summed E-state index contributed by atoms with van der Waals surface area (Å²) in [7, 11) is 0. The first-order valence-electron chi connectivity index (χ1n) is 8.92. The molecule has 1 aromatic carbocycles. The number of phenolic OH excluding ortho intramolecular Hbond substituents is 1. The molecule has 0 aromatic heterocycles. The van der Waals surface area contributed by atoms with E-state index in [1.165, 1.54) is 17.1 Å². The van der Waals surface area contributed by atoms with Gasteiger partial charge in [0, 0.05) is 11.5 Å². The number of rotatable bonds is 3. The fourth-order valence-corrected chi connectivity index (χ4v) is 6.59. The van der Waals surface area contributed by atoms with Crippen LogP contribution in [0.4, 0.5) is 0 Å². The average molecular weight is 367 g/mol. The topological polar surface area (TPSA) is 20.2 Å². The Balaban J connectivity index is 2.46. The SMILES string of the molecule is CC(C)(C)c1cc(CC(C)(C)C2SCCS2)cc(C(C)(C)C)c1O. The van der Waals surface area contributed by atoms with Gasteiger partial charge in [0.1, 0.15) is 5.75 Å². The zero-order valence-corrected chi connectivity index (χ0v) is 18.3. The van der Waals surface area contributed by atoms with Gasteiger partial charge in [0.25, 0.3) is 0 Å². The molecule has 24 heavy (non-hydrogen) atoms. The van der Waals surface area contributed by atoms with Gasteiger partial charge in [-0.1, -0.05) is 67.5 Å². The Morgan fingerprint density at radius 1 is 0.875 bits per heavy atom. The van der Waals surface area contributed by atoms with Crippen LogP contribution in [-0.4, -0.2) is 21.2 Å². The molecule has 1 N–H and O–H groups in total. The van der Waals surface area contributed by atoms with Crippen LogP contribution in [0.3, 0.4) is 0 Å². The molecule has 0 saturated carbocycles. The van der Waals surface area contributed by atoms with Crippen LogP contribution in [-0.2, 0) is 17.3 Å². The van der Waals surface area contributed by atoms with Crippen molar-refractivity contribution in [3.8, 4) is 5.75 Å². The Morgan fingerprint density at radius 3 is 1.67 bits per heavy atom. The number of hydrogen-bond donors (Lipinski definition) is 1. The molecule has 1 aromatic rings. The van der Waals surface area contributed by atoms with Gasteiger partial charge < -0.3 is 5.11 Å². The highest BCUT2D eigenvalue weighted by molar-refractivity contribution is 8.20. The molecule has 0 atom stereocenters. The van der Waals surface area contributed by atoms with Gasteiger partial charge in [-0.05, 0) is 39.4 Å². The van der Waals surface area contributed by atoms with Crippen molar-refractivity contribution in [2.24, 2.45) is 5.41 Å². The summed E-state index contributed by atoms with van der Waals surface area (Å²) in [6.45, 7) is 17.9. The normalized spacial score (nSPS) is 17.5. The second-order valence-corrected chi connectivity index (χ2v) is 12.5. The summed E-state index contributed by atoms with van der Waals surface area (Å²) in [5.74, 6) is 3.03. The first kappa shape index (κ1) is 20.0. The molecule has 0 spiro atoms. The number of phenols is 1. The summed E-state index contributed by atoms with van der Waals surface area (Å²) in [5.41, 5.74) is 3.66. The van der Waals surface area contributed by atoms with Crippen molar-refractivity contribution in [2.45, 2.75) is 77.2 Å². The maximum atomic E-state index is 10.9. The van der Waals surface area contributed by atoms with E-state index < -0.39 is 0 Å². The van der Waals surface area contributed by atoms with Crippen LogP contribution in [0.15, 0.2) is 12.1 Å². The van der Waals surface area contributed by atoms with Gasteiger partial charge in [-0.15, -0.1) is 23.5 Å². The number of hydrogen-bond acceptors (Lipinski definition) is 3. The molecule has 3 heteroatoms. The maximum Gasteiger partial charge on any atom is 0.123 e. The van der Waals surface area contributed by atoms with E-state index in [0.29, 0.717) is 10.3 Å². The fraction of sp³-hybridized carbons (Fsp3) is 0.714. The van der Waals surface area contributed by atoms with Crippen molar-refractivity contribution in [1.29, 1.82) is 0 Å². The summed E-state index contributed by atoms with van der Waals surface area (Å²) in [5, 5.41) is 10.9. The van der Waals surface area contributed by atoms with E-state index in [2.05, 4.69) is 91.0 Å². The quantitative estimate of drug-likeness (QED) is 0.672. The molecule has 1 fully saturated rings.